The summed E-state index contributed by atoms with van der Waals surface area (Å²) >= 11 is 0. The quantitative estimate of drug-likeness (QED) is 0.394. The van der Waals surface area contributed by atoms with E-state index in [4.69, 9.17) is 4.74 Å². The van der Waals surface area contributed by atoms with Crippen LogP contribution in [-0.2, 0) is 9.53 Å². The van der Waals surface area contributed by atoms with Crippen molar-refractivity contribution in [3.8, 4) is 5.69 Å². The van der Waals surface area contributed by atoms with Crippen molar-refractivity contribution in [2.75, 3.05) is 0 Å². The zero-order valence-electron chi connectivity index (χ0n) is 14.6. The van der Waals surface area contributed by atoms with Crippen LogP contribution in [0, 0.1) is 15.9 Å². The van der Waals surface area contributed by atoms with Crippen LogP contribution >= 0.6 is 0 Å². The number of nitro groups is 1. The number of fused-ring (bicyclic) bond motifs is 3. The van der Waals surface area contributed by atoms with Crippen molar-refractivity contribution in [2.45, 2.75) is 13.2 Å². The van der Waals surface area contributed by atoms with Gasteiger partial charge >= 0.3 is 5.97 Å². The van der Waals surface area contributed by atoms with Crippen LogP contribution in [0.3, 0.4) is 0 Å². The van der Waals surface area contributed by atoms with Gasteiger partial charge in [0.05, 0.1) is 16.3 Å². The van der Waals surface area contributed by atoms with E-state index in [1.807, 2.05) is 0 Å². The van der Waals surface area contributed by atoms with Crippen LogP contribution in [0.15, 0.2) is 59.9 Å². The number of esters is 1. The summed E-state index contributed by atoms with van der Waals surface area (Å²) in [4.78, 5) is 31.0. The van der Waals surface area contributed by atoms with Crippen LogP contribution in [0.5, 0.6) is 0 Å². The number of carbonyl (C=O) groups excluding carboxylic acids is 1. The topological polar surface area (TPSA) is 99.6 Å². The molecule has 140 valence electrons. The summed E-state index contributed by atoms with van der Waals surface area (Å²) in [5.41, 5.74) is 0.930. The highest BCUT2D eigenvalue weighted by atomic mass is 19.1. The molecule has 8 nitrogen and oxygen atoms in total. The third-order valence-electron chi connectivity index (χ3n) is 4.25. The van der Waals surface area contributed by atoms with E-state index in [1.54, 1.807) is 16.8 Å². The van der Waals surface area contributed by atoms with E-state index in [1.165, 1.54) is 49.5 Å². The largest absolute Gasteiger partial charge is 0.432 e. The zero-order valence-corrected chi connectivity index (χ0v) is 14.6. The van der Waals surface area contributed by atoms with Gasteiger partial charge in [0.2, 0.25) is 0 Å². The SMILES string of the molecule is CC(=O)OC1N=C(c2ccccc2F)c2cc([N+](=O)[O-])ccc2-n2ccnc21. The Balaban J connectivity index is 2.04. The maximum Gasteiger partial charge on any atom is 0.304 e. The van der Waals surface area contributed by atoms with Crippen LogP contribution in [0.4, 0.5) is 10.1 Å². The summed E-state index contributed by atoms with van der Waals surface area (Å²) in [6.45, 7) is 1.23. The van der Waals surface area contributed by atoms with E-state index in [-0.39, 0.29) is 17.0 Å². The van der Waals surface area contributed by atoms with Crippen LogP contribution < -0.4 is 0 Å². The fraction of sp³-hybridized carbons (Fsp3) is 0.105. The van der Waals surface area contributed by atoms with Crippen LogP contribution in [0.25, 0.3) is 5.69 Å². The predicted molar refractivity (Wildman–Crippen MR) is 96.8 cm³/mol. The van der Waals surface area contributed by atoms with Crippen molar-refractivity contribution in [3.05, 3.63) is 87.7 Å². The van der Waals surface area contributed by atoms with Gasteiger partial charge in [-0.3, -0.25) is 19.5 Å². The van der Waals surface area contributed by atoms with Gasteiger partial charge in [-0.25, -0.2) is 14.4 Å². The zero-order chi connectivity index (χ0) is 19.8. The first-order chi connectivity index (χ1) is 13.5. The minimum Gasteiger partial charge on any atom is -0.432 e. The van der Waals surface area contributed by atoms with Crippen molar-refractivity contribution in [1.82, 2.24) is 9.55 Å². The molecule has 0 saturated carbocycles. The lowest BCUT2D eigenvalue weighted by molar-refractivity contribution is -0.384. The van der Waals surface area contributed by atoms with Crippen molar-refractivity contribution in [2.24, 2.45) is 4.99 Å². The van der Waals surface area contributed by atoms with Crippen molar-refractivity contribution < 1.29 is 18.8 Å². The van der Waals surface area contributed by atoms with E-state index < -0.39 is 22.9 Å². The summed E-state index contributed by atoms with van der Waals surface area (Å²) in [6, 6.07) is 10.1. The van der Waals surface area contributed by atoms with E-state index in [0.29, 0.717) is 17.1 Å². The van der Waals surface area contributed by atoms with Gasteiger partial charge in [-0.1, -0.05) is 12.1 Å². The second kappa shape index (κ2) is 6.69. The van der Waals surface area contributed by atoms with Crippen LogP contribution in [0.2, 0.25) is 0 Å². The first-order valence-corrected chi connectivity index (χ1v) is 8.28. The Kier molecular flexibility index (Phi) is 4.19. The highest BCUT2D eigenvalue weighted by Gasteiger charge is 2.29. The van der Waals surface area contributed by atoms with E-state index >= 15 is 0 Å². The summed E-state index contributed by atoms with van der Waals surface area (Å²) < 4.78 is 21.5. The molecule has 4 rings (SSSR count). The first-order valence-electron chi connectivity index (χ1n) is 8.28. The van der Waals surface area contributed by atoms with Gasteiger partial charge in [0.1, 0.15) is 5.82 Å². The predicted octanol–water partition coefficient (Wildman–Crippen LogP) is 3.33. The number of benzene rings is 2. The Morgan fingerprint density at radius 3 is 2.75 bits per heavy atom. The standard InChI is InChI=1S/C19H13FN4O4/c1-11(25)28-19-18-21-8-9-23(18)16-7-6-12(24(26)27)10-14(16)17(22-19)13-4-2-3-5-15(13)20/h2-10,19H,1H3. The van der Waals surface area contributed by atoms with Crippen molar-refractivity contribution >= 4 is 17.4 Å². The number of ether oxygens (including phenoxy) is 1. The third kappa shape index (κ3) is 2.92. The number of non-ortho nitro benzene ring substituents is 1. The monoisotopic (exact) mass is 380 g/mol. The molecule has 1 atom stereocenters. The molecule has 1 aliphatic heterocycles. The number of rotatable bonds is 3. The molecule has 3 aromatic rings. The lowest BCUT2D eigenvalue weighted by atomic mass is 9.99. The summed E-state index contributed by atoms with van der Waals surface area (Å²) in [6.07, 6.45) is 1.99. The number of halogens is 1. The molecular weight excluding hydrogens is 367 g/mol. The molecule has 0 saturated heterocycles. The molecule has 0 bridgehead atoms. The first kappa shape index (κ1) is 17.5. The maximum absolute atomic E-state index is 14.6. The molecule has 0 amide bonds. The van der Waals surface area contributed by atoms with E-state index in [0.717, 1.165) is 0 Å². The molecule has 0 N–H and O–H groups in total. The van der Waals surface area contributed by atoms with Crippen molar-refractivity contribution in [3.63, 3.8) is 0 Å². The highest BCUT2D eigenvalue weighted by Crippen LogP contribution is 2.33. The Morgan fingerprint density at radius 1 is 1.25 bits per heavy atom. The Hall–Kier alpha value is -3.88. The number of aliphatic imine (C=N–C) groups is 1. The summed E-state index contributed by atoms with van der Waals surface area (Å²) in [7, 11) is 0. The van der Waals surface area contributed by atoms with Crippen molar-refractivity contribution in [1.29, 1.82) is 0 Å². The molecule has 2 heterocycles. The summed E-state index contributed by atoms with van der Waals surface area (Å²) in [5.74, 6) is -0.843. The second-order valence-corrected chi connectivity index (χ2v) is 6.03. The van der Waals surface area contributed by atoms with E-state index in [2.05, 4.69) is 9.98 Å². The normalized spacial score (nSPS) is 15.1. The van der Waals surface area contributed by atoms with E-state index in [9.17, 15) is 19.3 Å². The highest BCUT2D eigenvalue weighted by molar-refractivity contribution is 6.15. The minimum absolute atomic E-state index is 0.132. The molecule has 0 radical (unpaired) electrons. The fourth-order valence-corrected chi connectivity index (χ4v) is 3.09. The van der Waals surface area contributed by atoms with Crippen LogP contribution in [-0.4, -0.2) is 26.2 Å². The summed E-state index contributed by atoms with van der Waals surface area (Å²) in [5, 5.41) is 11.3. The molecule has 1 unspecified atom stereocenters. The molecule has 1 aromatic heterocycles. The molecule has 1 aliphatic rings. The maximum atomic E-state index is 14.6. The van der Waals surface area contributed by atoms with Crippen LogP contribution in [0.1, 0.15) is 30.1 Å². The Labute approximate surface area is 158 Å². The van der Waals surface area contributed by atoms with Gasteiger partial charge < -0.3 is 4.74 Å². The van der Waals surface area contributed by atoms with Gasteiger partial charge in [0.25, 0.3) is 11.9 Å². The Morgan fingerprint density at radius 2 is 2.04 bits per heavy atom. The number of carbonyl (C=O) groups is 1. The number of imidazole rings is 1. The van der Waals surface area contributed by atoms with Gasteiger partial charge in [-0.05, 0) is 18.2 Å². The number of hydrogen-bond acceptors (Lipinski definition) is 6. The lowest BCUT2D eigenvalue weighted by Gasteiger charge is -2.12. The fourth-order valence-electron chi connectivity index (χ4n) is 3.09. The number of nitro benzene ring substituents is 1. The van der Waals surface area contributed by atoms with Gasteiger partial charge in [-0.15, -0.1) is 0 Å². The molecule has 0 aliphatic carbocycles. The molecule has 9 heteroatoms. The molecule has 0 spiro atoms. The second-order valence-electron chi connectivity index (χ2n) is 6.03. The molecular formula is C19H13FN4O4. The average molecular weight is 380 g/mol. The number of nitrogens with zero attached hydrogens (tertiary/aromatic N) is 4. The average Bonchev–Trinajstić information content (AvgIpc) is 3.10. The molecule has 0 fully saturated rings. The minimum atomic E-state index is -1.13. The third-order valence-corrected chi connectivity index (χ3v) is 4.25. The number of aromatic nitrogens is 2. The lowest BCUT2D eigenvalue weighted by Crippen LogP contribution is -2.12. The number of hydrogen-bond donors (Lipinski definition) is 0. The van der Waals surface area contributed by atoms with Gasteiger partial charge in [0, 0.05) is 42.6 Å². The Bertz CT molecular complexity index is 1140. The molecule has 28 heavy (non-hydrogen) atoms. The van der Waals surface area contributed by atoms with Gasteiger partial charge in [-0.2, -0.15) is 0 Å². The smallest absolute Gasteiger partial charge is 0.304 e. The molecule has 2 aromatic carbocycles. The van der Waals surface area contributed by atoms with Gasteiger partial charge in [0.15, 0.2) is 5.82 Å².